The Labute approximate surface area is 119 Å². The minimum absolute atomic E-state index is 0.0504. The smallest absolute Gasteiger partial charge is 0.239 e. The molecule has 2 N–H and O–H groups in total. The van der Waals surface area contributed by atoms with Gasteiger partial charge in [0.25, 0.3) is 0 Å². The largest absolute Gasteiger partial charge is 0.492 e. The van der Waals surface area contributed by atoms with Crippen molar-refractivity contribution in [3.05, 3.63) is 17.0 Å². The van der Waals surface area contributed by atoms with E-state index in [9.17, 15) is 5.11 Å². The molecule has 0 unspecified atom stereocenters. The molecule has 110 valence electrons. The molecule has 0 saturated heterocycles. The van der Waals surface area contributed by atoms with Crippen LogP contribution in [0.1, 0.15) is 39.2 Å². The van der Waals surface area contributed by atoms with Gasteiger partial charge in [-0.1, -0.05) is 20.4 Å². The Balaban J connectivity index is 2.28. The molecule has 1 aliphatic rings. The molecule has 1 aromatic rings. The van der Waals surface area contributed by atoms with Crippen LogP contribution in [0.5, 0.6) is 0 Å². The normalized spacial score (nSPS) is 24.8. The van der Waals surface area contributed by atoms with E-state index in [-0.39, 0.29) is 5.88 Å². The maximum atomic E-state index is 10.00. The lowest BCUT2D eigenvalue weighted by Gasteiger charge is -2.12. The number of nitrogens with one attached hydrogen (secondary N) is 1. The zero-order valence-corrected chi connectivity index (χ0v) is 12.5. The van der Waals surface area contributed by atoms with Crippen LogP contribution in [0.3, 0.4) is 0 Å². The molecule has 0 bridgehead atoms. The van der Waals surface area contributed by atoms with E-state index in [1.807, 2.05) is 20.9 Å². The molecular weight excluding hydrogens is 252 g/mol. The highest BCUT2D eigenvalue weighted by Gasteiger charge is 2.25. The van der Waals surface area contributed by atoms with Gasteiger partial charge in [0.05, 0.1) is 11.7 Å². The summed E-state index contributed by atoms with van der Waals surface area (Å²) < 4.78 is 2.06. The van der Waals surface area contributed by atoms with Gasteiger partial charge in [-0.05, 0) is 32.2 Å². The number of nitrogens with zero attached hydrogens (tertiary/aromatic N) is 3. The fourth-order valence-corrected chi connectivity index (χ4v) is 2.64. The zero-order valence-electron chi connectivity index (χ0n) is 12.5. The molecule has 20 heavy (non-hydrogen) atoms. The van der Waals surface area contributed by atoms with Crippen molar-refractivity contribution >= 4 is 18.7 Å². The van der Waals surface area contributed by atoms with Crippen molar-refractivity contribution in [1.82, 2.24) is 14.9 Å². The van der Waals surface area contributed by atoms with Crippen LogP contribution in [0.25, 0.3) is 12.5 Å². The van der Waals surface area contributed by atoms with Gasteiger partial charge in [-0.2, -0.15) is 0 Å². The highest BCUT2D eigenvalue weighted by atomic mass is 16.3. The number of aromatic nitrogens is 2. The van der Waals surface area contributed by atoms with Gasteiger partial charge in [0.1, 0.15) is 5.35 Å². The molecular formula is C15H24N4O. The van der Waals surface area contributed by atoms with Crippen LogP contribution >= 0.6 is 0 Å². The third kappa shape index (κ3) is 3.10. The molecule has 0 amide bonds. The van der Waals surface area contributed by atoms with E-state index in [0.29, 0.717) is 23.4 Å². The SMILES string of the molecule is C=c1/c(=C(O)\N=C/C(C)C)ncn1[C@@H]1CC[C@@H](NC)C1. The first-order chi connectivity index (χ1) is 9.52. The summed E-state index contributed by atoms with van der Waals surface area (Å²) >= 11 is 0. The Morgan fingerprint density at radius 1 is 1.60 bits per heavy atom. The molecule has 1 fully saturated rings. The van der Waals surface area contributed by atoms with Crippen molar-refractivity contribution < 1.29 is 5.11 Å². The number of aliphatic hydroxyl groups excluding tert-OH is 1. The van der Waals surface area contributed by atoms with Crippen LogP contribution in [-0.2, 0) is 0 Å². The average Bonchev–Trinajstić information content (AvgIpc) is 3.02. The van der Waals surface area contributed by atoms with Crippen LogP contribution in [0, 0.1) is 5.92 Å². The van der Waals surface area contributed by atoms with Crippen molar-refractivity contribution in [1.29, 1.82) is 0 Å². The molecule has 0 aliphatic heterocycles. The number of hydrogen-bond donors (Lipinski definition) is 2. The third-order valence-electron chi connectivity index (χ3n) is 3.81. The van der Waals surface area contributed by atoms with E-state index in [1.54, 1.807) is 12.5 Å². The van der Waals surface area contributed by atoms with Crippen molar-refractivity contribution in [3.8, 4) is 0 Å². The molecule has 0 radical (unpaired) electrons. The fraction of sp³-hybridized carbons (Fsp3) is 0.600. The Bertz CT molecular complexity index is 588. The molecule has 1 aliphatic carbocycles. The lowest BCUT2D eigenvalue weighted by Crippen LogP contribution is -2.32. The van der Waals surface area contributed by atoms with E-state index in [1.165, 1.54) is 0 Å². The number of aliphatic hydroxyl groups is 1. The predicted molar refractivity (Wildman–Crippen MR) is 82.1 cm³/mol. The maximum absolute atomic E-state index is 10.00. The van der Waals surface area contributed by atoms with Gasteiger partial charge in [-0.3, -0.25) is 0 Å². The molecule has 5 heteroatoms. The molecule has 0 spiro atoms. The highest BCUT2D eigenvalue weighted by molar-refractivity contribution is 5.64. The topological polar surface area (TPSA) is 62.4 Å². The molecule has 2 rings (SSSR count). The minimum Gasteiger partial charge on any atom is -0.492 e. The molecule has 1 aromatic heterocycles. The summed E-state index contributed by atoms with van der Waals surface area (Å²) in [5.74, 6) is 0.240. The van der Waals surface area contributed by atoms with Crippen molar-refractivity contribution in [2.45, 2.75) is 45.2 Å². The second kappa shape index (κ2) is 6.22. The summed E-state index contributed by atoms with van der Waals surface area (Å²) in [5.41, 5.74) is 0. The van der Waals surface area contributed by atoms with Crippen LogP contribution in [-0.4, -0.2) is 34.0 Å². The lowest BCUT2D eigenvalue weighted by molar-refractivity contribution is 0.480. The van der Waals surface area contributed by atoms with Gasteiger partial charge in [-0.25, -0.2) is 9.98 Å². The minimum atomic E-state index is -0.0504. The number of imidazole rings is 1. The summed E-state index contributed by atoms with van der Waals surface area (Å²) in [7, 11) is 2.00. The van der Waals surface area contributed by atoms with Crippen molar-refractivity contribution in [2.24, 2.45) is 10.9 Å². The van der Waals surface area contributed by atoms with Gasteiger partial charge in [0.15, 0.2) is 0 Å². The van der Waals surface area contributed by atoms with E-state index in [0.717, 1.165) is 24.6 Å². The summed E-state index contributed by atoms with van der Waals surface area (Å²) in [6.07, 6.45) is 6.82. The Kier molecular flexibility index (Phi) is 4.60. The van der Waals surface area contributed by atoms with E-state index in [2.05, 4.69) is 26.4 Å². The Morgan fingerprint density at radius 3 is 2.95 bits per heavy atom. The summed E-state index contributed by atoms with van der Waals surface area (Å²) in [4.78, 5) is 8.31. The molecule has 1 heterocycles. The zero-order chi connectivity index (χ0) is 14.7. The summed E-state index contributed by atoms with van der Waals surface area (Å²) in [6, 6.07) is 0.963. The monoisotopic (exact) mass is 276 g/mol. The first-order valence-corrected chi connectivity index (χ1v) is 7.19. The lowest BCUT2D eigenvalue weighted by atomic mass is 10.2. The molecule has 0 aromatic carbocycles. The second-order valence-electron chi connectivity index (χ2n) is 5.75. The van der Waals surface area contributed by atoms with Crippen LogP contribution in [0.2, 0.25) is 0 Å². The second-order valence-corrected chi connectivity index (χ2v) is 5.75. The highest BCUT2D eigenvalue weighted by Crippen LogP contribution is 2.28. The van der Waals surface area contributed by atoms with Crippen LogP contribution in [0.15, 0.2) is 11.3 Å². The van der Waals surface area contributed by atoms with Gasteiger partial charge in [0.2, 0.25) is 5.88 Å². The Morgan fingerprint density at radius 2 is 2.35 bits per heavy atom. The average molecular weight is 276 g/mol. The van der Waals surface area contributed by atoms with Crippen LogP contribution in [0.4, 0.5) is 0 Å². The number of aliphatic imine (C=N–C) groups is 1. The van der Waals surface area contributed by atoms with E-state index >= 15 is 0 Å². The maximum Gasteiger partial charge on any atom is 0.239 e. The van der Waals surface area contributed by atoms with E-state index in [4.69, 9.17) is 0 Å². The van der Waals surface area contributed by atoms with Gasteiger partial charge < -0.3 is 15.0 Å². The quantitative estimate of drug-likeness (QED) is 0.805. The number of rotatable bonds is 4. The van der Waals surface area contributed by atoms with Gasteiger partial charge in [-0.15, -0.1) is 0 Å². The molecule has 2 atom stereocenters. The van der Waals surface area contributed by atoms with Crippen molar-refractivity contribution in [2.75, 3.05) is 7.05 Å². The van der Waals surface area contributed by atoms with Gasteiger partial charge >= 0.3 is 0 Å². The standard InChI is InChI=1S/C15H24N4O/c1-10(2)8-17-15(20)14-11(3)19(9-18-14)13-6-5-12(7-13)16-4/h8-10,12-13,16,20H,3,5-7H2,1-2,4H3/b15-14-,17-8-/t12-,13-/m1/s1. The molecule has 1 saturated carbocycles. The first-order valence-electron chi connectivity index (χ1n) is 7.19. The van der Waals surface area contributed by atoms with Gasteiger partial charge in [0, 0.05) is 18.3 Å². The van der Waals surface area contributed by atoms with Crippen molar-refractivity contribution in [3.63, 3.8) is 0 Å². The number of hydrogen-bond acceptors (Lipinski definition) is 4. The van der Waals surface area contributed by atoms with Crippen LogP contribution < -0.4 is 16.0 Å². The summed E-state index contributed by atoms with van der Waals surface area (Å²) in [6.45, 7) is 8.07. The fourth-order valence-electron chi connectivity index (χ4n) is 2.64. The third-order valence-corrected chi connectivity index (χ3v) is 3.81. The predicted octanol–water partition coefficient (Wildman–Crippen LogP) is 0.957. The molecule has 5 nitrogen and oxygen atoms in total. The van der Waals surface area contributed by atoms with E-state index < -0.39 is 0 Å². The summed E-state index contributed by atoms with van der Waals surface area (Å²) in [5, 5.41) is 14.5. The first kappa shape index (κ1) is 14.8. The Hall–Kier alpha value is -1.62.